The molecule has 0 spiro atoms. The van der Waals surface area contributed by atoms with E-state index in [1.165, 1.54) is 4.90 Å². The van der Waals surface area contributed by atoms with Crippen LogP contribution in [0.2, 0.25) is 0 Å². The summed E-state index contributed by atoms with van der Waals surface area (Å²) in [5, 5.41) is 5.39. The van der Waals surface area contributed by atoms with Crippen LogP contribution in [0.3, 0.4) is 0 Å². The third-order valence-corrected chi connectivity index (χ3v) is 6.18. The van der Waals surface area contributed by atoms with Gasteiger partial charge in [-0.15, -0.1) is 0 Å². The minimum absolute atomic E-state index is 0.118. The average Bonchev–Trinajstić information content (AvgIpc) is 3.26. The molecule has 3 amide bonds. The van der Waals surface area contributed by atoms with Gasteiger partial charge in [0.15, 0.2) is 0 Å². The Morgan fingerprint density at radius 1 is 1.11 bits per heavy atom. The standard InChI is InChI=1S/C26H27N5O4/c1-16-7-3-6-10-22(16)31(19(15-32)13-18-11-12-27-25(18)34)23(33)14-28-26(35)24-17(2)29-20-8-4-5-9-21(20)30-24/h3-10,15,18-19H,11-14H2,1-2H3,(H,27,34)(H,28,35)/t18-,19-/m0/s1. The van der Waals surface area contributed by atoms with Crippen molar-refractivity contribution in [3.05, 3.63) is 65.5 Å². The zero-order valence-corrected chi connectivity index (χ0v) is 19.7. The number of fused-ring (bicyclic) bond motifs is 1. The minimum atomic E-state index is -0.850. The van der Waals surface area contributed by atoms with Gasteiger partial charge in [0, 0.05) is 18.2 Å². The first-order chi connectivity index (χ1) is 16.9. The highest BCUT2D eigenvalue weighted by molar-refractivity contribution is 6.03. The maximum absolute atomic E-state index is 13.4. The number of benzene rings is 2. The highest BCUT2D eigenvalue weighted by Gasteiger charge is 2.33. The summed E-state index contributed by atoms with van der Waals surface area (Å²) in [5.41, 5.74) is 3.19. The van der Waals surface area contributed by atoms with Crippen molar-refractivity contribution >= 4 is 40.7 Å². The van der Waals surface area contributed by atoms with E-state index in [9.17, 15) is 19.2 Å². The molecule has 0 aliphatic carbocycles. The Kier molecular flexibility index (Phi) is 7.14. The number of hydrogen-bond acceptors (Lipinski definition) is 6. The quantitative estimate of drug-likeness (QED) is 0.484. The molecule has 180 valence electrons. The van der Waals surface area contributed by atoms with Gasteiger partial charge in [0.2, 0.25) is 11.8 Å². The first kappa shape index (κ1) is 24.0. The predicted molar refractivity (Wildman–Crippen MR) is 131 cm³/mol. The molecule has 1 aliphatic heterocycles. The van der Waals surface area contributed by atoms with E-state index >= 15 is 0 Å². The molecule has 2 N–H and O–H groups in total. The molecule has 2 aromatic carbocycles. The maximum Gasteiger partial charge on any atom is 0.272 e. The van der Waals surface area contributed by atoms with Crippen LogP contribution in [0, 0.1) is 19.8 Å². The molecule has 2 heterocycles. The molecule has 9 heteroatoms. The highest BCUT2D eigenvalue weighted by atomic mass is 16.2. The second-order valence-corrected chi connectivity index (χ2v) is 8.60. The Morgan fingerprint density at radius 3 is 2.46 bits per heavy atom. The van der Waals surface area contributed by atoms with Crippen molar-refractivity contribution in [3.8, 4) is 0 Å². The van der Waals surface area contributed by atoms with Crippen molar-refractivity contribution in [3.63, 3.8) is 0 Å². The van der Waals surface area contributed by atoms with Gasteiger partial charge in [0.25, 0.3) is 5.91 Å². The van der Waals surface area contributed by atoms with E-state index in [4.69, 9.17) is 0 Å². The zero-order chi connectivity index (χ0) is 24.9. The molecule has 0 saturated carbocycles. The van der Waals surface area contributed by atoms with E-state index in [-0.39, 0.29) is 30.5 Å². The third-order valence-electron chi connectivity index (χ3n) is 6.18. The molecule has 4 rings (SSSR count). The number of hydrogen-bond donors (Lipinski definition) is 2. The molecule has 1 saturated heterocycles. The summed E-state index contributed by atoms with van der Waals surface area (Å²) in [6.07, 6.45) is 1.50. The molecule has 0 unspecified atom stereocenters. The predicted octanol–water partition coefficient (Wildman–Crippen LogP) is 2.10. The Morgan fingerprint density at radius 2 is 1.80 bits per heavy atom. The number of amides is 3. The van der Waals surface area contributed by atoms with Gasteiger partial charge in [-0.2, -0.15) is 0 Å². The summed E-state index contributed by atoms with van der Waals surface area (Å²) in [6, 6.07) is 13.6. The van der Waals surface area contributed by atoms with Crippen LogP contribution in [0.15, 0.2) is 48.5 Å². The Labute approximate surface area is 202 Å². The van der Waals surface area contributed by atoms with Crippen LogP contribution in [0.1, 0.15) is 34.6 Å². The Bertz CT molecular complexity index is 1290. The molecular weight excluding hydrogens is 446 g/mol. The van der Waals surface area contributed by atoms with Gasteiger partial charge in [-0.3, -0.25) is 14.4 Å². The van der Waals surface area contributed by atoms with Crippen LogP contribution >= 0.6 is 0 Å². The van der Waals surface area contributed by atoms with Crippen molar-refractivity contribution in [1.29, 1.82) is 0 Å². The van der Waals surface area contributed by atoms with Gasteiger partial charge in [-0.25, -0.2) is 9.97 Å². The fourth-order valence-corrected chi connectivity index (χ4v) is 4.34. The number of nitrogens with zero attached hydrogens (tertiary/aromatic N) is 3. The van der Waals surface area contributed by atoms with Gasteiger partial charge in [0.05, 0.1) is 29.3 Å². The number of aldehydes is 1. The third kappa shape index (κ3) is 5.18. The van der Waals surface area contributed by atoms with E-state index in [0.29, 0.717) is 41.7 Å². The van der Waals surface area contributed by atoms with Crippen LogP contribution in [-0.4, -0.2) is 53.1 Å². The van der Waals surface area contributed by atoms with E-state index in [2.05, 4.69) is 20.6 Å². The summed E-state index contributed by atoms with van der Waals surface area (Å²) in [6.45, 7) is 3.73. The number of carbonyl (C=O) groups excluding carboxylic acids is 4. The molecular formula is C26H27N5O4. The molecule has 3 aromatic rings. The van der Waals surface area contributed by atoms with Crippen molar-refractivity contribution in [1.82, 2.24) is 20.6 Å². The van der Waals surface area contributed by atoms with Gasteiger partial charge in [-0.05, 0) is 50.5 Å². The second-order valence-electron chi connectivity index (χ2n) is 8.60. The number of aromatic nitrogens is 2. The lowest BCUT2D eigenvalue weighted by atomic mass is 9.97. The fourth-order valence-electron chi connectivity index (χ4n) is 4.34. The summed E-state index contributed by atoms with van der Waals surface area (Å²) < 4.78 is 0. The van der Waals surface area contributed by atoms with Crippen molar-refractivity contribution in [2.24, 2.45) is 5.92 Å². The van der Waals surface area contributed by atoms with Crippen molar-refractivity contribution < 1.29 is 19.2 Å². The van der Waals surface area contributed by atoms with Crippen LogP contribution in [0.4, 0.5) is 5.69 Å². The summed E-state index contributed by atoms with van der Waals surface area (Å²) in [7, 11) is 0. The first-order valence-corrected chi connectivity index (χ1v) is 11.5. The number of rotatable bonds is 8. The zero-order valence-electron chi connectivity index (χ0n) is 19.7. The molecule has 9 nitrogen and oxygen atoms in total. The van der Waals surface area contributed by atoms with Crippen LogP contribution < -0.4 is 15.5 Å². The Balaban J connectivity index is 1.56. The van der Waals surface area contributed by atoms with E-state index < -0.39 is 17.9 Å². The highest BCUT2D eigenvalue weighted by Crippen LogP contribution is 2.26. The molecule has 1 fully saturated rings. The first-order valence-electron chi connectivity index (χ1n) is 11.5. The molecule has 1 aliphatic rings. The van der Waals surface area contributed by atoms with E-state index in [0.717, 1.165) is 5.56 Å². The monoisotopic (exact) mass is 473 g/mol. The largest absolute Gasteiger partial charge is 0.356 e. The summed E-state index contributed by atoms with van der Waals surface area (Å²) in [5.74, 6) is -1.46. The van der Waals surface area contributed by atoms with Gasteiger partial charge < -0.3 is 20.3 Å². The maximum atomic E-state index is 13.4. The Hall–Kier alpha value is -4.14. The number of anilines is 1. The van der Waals surface area contributed by atoms with E-state index in [1.54, 1.807) is 25.1 Å². The van der Waals surface area contributed by atoms with Gasteiger partial charge in [0.1, 0.15) is 12.0 Å². The van der Waals surface area contributed by atoms with Gasteiger partial charge in [-0.1, -0.05) is 30.3 Å². The molecule has 1 aromatic heterocycles. The fraction of sp³-hybridized carbons (Fsp3) is 0.308. The molecule has 0 bridgehead atoms. The SMILES string of the molecule is Cc1ccccc1N(C(=O)CNC(=O)c1nc2ccccc2nc1C)[C@H](C=O)C[C@@H]1CCNC1=O. The van der Waals surface area contributed by atoms with Crippen molar-refractivity contribution in [2.75, 3.05) is 18.0 Å². The smallest absolute Gasteiger partial charge is 0.272 e. The second kappa shape index (κ2) is 10.4. The average molecular weight is 474 g/mol. The number of carbonyl (C=O) groups is 4. The van der Waals surface area contributed by atoms with Crippen LogP contribution in [-0.2, 0) is 14.4 Å². The molecule has 2 atom stereocenters. The normalized spacial score (nSPS) is 15.9. The minimum Gasteiger partial charge on any atom is -0.356 e. The van der Waals surface area contributed by atoms with E-state index in [1.807, 2.05) is 37.3 Å². The number of para-hydroxylation sites is 3. The number of nitrogens with one attached hydrogen (secondary N) is 2. The van der Waals surface area contributed by atoms with Gasteiger partial charge >= 0.3 is 0 Å². The summed E-state index contributed by atoms with van der Waals surface area (Å²) in [4.78, 5) is 60.7. The lowest BCUT2D eigenvalue weighted by molar-refractivity contribution is -0.124. The molecule has 0 radical (unpaired) electrons. The van der Waals surface area contributed by atoms with Crippen LogP contribution in [0.5, 0.6) is 0 Å². The lowest BCUT2D eigenvalue weighted by Crippen LogP contribution is -2.48. The lowest BCUT2D eigenvalue weighted by Gasteiger charge is -2.31. The van der Waals surface area contributed by atoms with Crippen LogP contribution in [0.25, 0.3) is 11.0 Å². The summed E-state index contributed by atoms with van der Waals surface area (Å²) >= 11 is 0. The number of aryl methyl sites for hydroxylation is 2. The topological polar surface area (TPSA) is 121 Å². The molecule has 35 heavy (non-hydrogen) atoms. The van der Waals surface area contributed by atoms with Crippen molar-refractivity contribution in [2.45, 2.75) is 32.7 Å².